The first kappa shape index (κ1) is 9.18. The largest absolute Gasteiger partial charge is 0.360 e. The molecule has 0 spiro atoms. The number of aromatic nitrogens is 3. The maximum absolute atomic E-state index is 7.66. The molecule has 2 rings (SSSR count). The molecule has 14 heavy (non-hydrogen) atoms. The summed E-state index contributed by atoms with van der Waals surface area (Å²) in [5.41, 5.74) is 0. The maximum Gasteiger partial charge on any atom is 0.152 e. The minimum atomic E-state index is 0.765. The average Bonchev–Trinajstić information content (AvgIpc) is 2.72. The lowest BCUT2D eigenvalue weighted by molar-refractivity contribution is 0.450. The van der Waals surface area contributed by atoms with Crippen molar-refractivity contribution in [2.24, 2.45) is 7.05 Å². The fourth-order valence-electron chi connectivity index (χ4n) is 1.71. The van der Waals surface area contributed by atoms with Crippen LogP contribution in [0.15, 0.2) is 6.33 Å². The van der Waals surface area contributed by atoms with Gasteiger partial charge in [-0.3, -0.25) is 10.1 Å². The number of likely N-dealkylation sites (tertiary alicyclic amines) is 1. The first-order valence-corrected chi connectivity index (χ1v) is 4.92. The molecule has 0 unspecified atom stereocenters. The Bertz CT molecular complexity index is 330. The van der Waals surface area contributed by atoms with Gasteiger partial charge in [-0.2, -0.15) is 5.10 Å². The molecule has 1 aliphatic rings. The SMILES string of the molecule is Cn1cnc(CCN2CCCC2=N)n1. The molecule has 0 amide bonds. The summed E-state index contributed by atoms with van der Waals surface area (Å²) in [6.07, 6.45) is 4.60. The van der Waals surface area contributed by atoms with Crippen molar-refractivity contribution in [2.45, 2.75) is 19.3 Å². The van der Waals surface area contributed by atoms with E-state index in [1.54, 1.807) is 11.0 Å². The Morgan fingerprint density at radius 2 is 2.43 bits per heavy atom. The zero-order chi connectivity index (χ0) is 9.97. The lowest BCUT2D eigenvalue weighted by atomic mass is 10.4. The second kappa shape index (κ2) is 3.77. The van der Waals surface area contributed by atoms with Gasteiger partial charge in [-0.05, 0) is 6.42 Å². The van der Waals surface area contributed by atoms with E-state index in [9.17, 15) is 0 Å². The molecule has 76 valence electrons. The van der Waals surface area contributed by atoms with Crippen LogP contribution in [0, 0.1) is 5.41 Å². The van der Waals surface area contributed by atoms with Crippen LogP contribution in [0.5, 0.6) is 0 Å². The van der Waals surface area contributed by atoms with E-state index >= 15 is 0 Å². The summed E-state index contributed by atoms with van der Waals surface area (Å²) >= 11 is 0. The van der Waals surface area contributed by atoms with Gasteiger partial charge in [0.2, 0.25) is 0 Å². The van der Waals surface area contributed by atoms with E-state index in [4.69, 9.17) is 5.41 Å². The Labute approximate surface area is 83.3 Å². The number of rotatable bonds is 3. The van der Waals surface area contributed by atoms with Crippen molar-refractivity contribution in [3.63, 3.8) is 0 Å². The zero-order valence-electron chi connectivity index (χ0n) is 8.40. The lowest BCUT2D eigenvalue weighted by Crippen LogP contribution is -2.26. The molecule has 5 nitrogen and oxygen atoms in total. The monoisotopic (exact) mass is 193 g/mol. The van der Waals surface area contributed by atoms with E-state index in [1.807, 2.05) is 7.05 Å². The molecule has 0 bridgehead atoms. The summed E-state index contributed by atoms with van der Waals surface area (Å²) in [6, 6.07) is 0. The Morgan fingerprint density at radius 1 is 1.57 bits per heavy atom. The van der Waals surface area contributed by atoms with Gasteiger partial charge in [0, 0.05) is 33.0 Å². The maximum atomic E-state index is 7.66. The quantitative estimate of drug-likeness (QED) is 0.757. The number of hydrogen-bond donors (Lipinski definition) is 1. The van der Waals surface area contributed by atoms with Crippen LogP contribution in [-0.2, 0) is 13.5 Å². The van der Waals surface area contributed by atoms with Crippen molar-refractivity contribution in [1.82, 2.24) is 19.7 Å². The summed E-state index contributed by atoms with van der Waals surface area (Å²) in [5.74, 6) is 1.63. The molecular formula is C9H15N5. The highest BCUT2D eigenvalue weighted by molar-refractivity contribution is 5.80. The smallest absolute Gasteiger partial charge is 0.152 e. The second-order valence-corrected chi connectivity index (χ2v) is 3.62. The van der Waals surface area contributed by atoms with Crippen LogP contribution >= 0.6 is 0 Å². The Balaban J connectivity index is 1.85. The minimum Gasteiger partial charge on any atom is -0.360 e. The van der Waals surface area contributed by atoms with Gasteiger partial charge in [0.15, 0.2) is 5.82 Å². The van der Waals surface area contributed by atoms with Gasteiger partial charge in [0.25, 0.3) is 0 Å². The molecule has 0 aliphatic carbocycles. The van der Waals surface area contributed by atoms with Gasteiger partial charge in [-0.1, -0.05) is 0 Å². The van der Waals surface area contributed by atoms with Crippen molar-refractivity contribution in [3.05, 3.63) is 12.2 Å². The highest BCUT2D eigenvalue weighted by atomic mass is 15.3. The number of amidine groups is 1. The van der Waals surface area contributed by atoms with Gasteiger partial charge >= 0.3 is 0 Å². The first-order chi connectivity index (χ1) is 6.75. The fraction of sp³-hybridized carbons (Fsp3) is 0.667. The number of hydrogen-bond acceptors (Lipinski definition) is 3. The van der Waals surface area contributed by atoms with Crippen LogP contribution < -0.4 is 0 Å². The zero-order valence-corrected chi connectivity index (χ0v) is 8.40. The minimum absolute atomic E-state index is 0.765. The van der Waals surface area contributed by atoms with Crippen LogP contribution in [0.25, 0.3) is 0 Å². The predicted octanol–water partition coefficient (Wildman–Crippen LogP) is 0.431. The summed E-state index contributed by atoms with van der Waals surface area (Å²) in [6.45, 7) is 1.90. The fourth-order valence-corrected chi connectivity index (χ4v) is 1.71. The van der Waals surface area contributed by atoms with E-state index in [-0.39, 0.29) is 0 Å². The average molecular weight is 193 g/mol. The topological polar surface area (TPSA) is 57.8 Å². The Hall–Kier alpha value is -1.39. The normalized spacial score (nSPS) is 16.6. The molecular weight excluding hydrogens is 178 g/mol. The van der Waals surface area contributed by atoms with E-state index < -0.39 is 0 Å². The Morgan fingerprint density at radius 3 is 3.00 bits per heavy atom. The van der Waals surface area contributed by atoms with Crippen molar-refractivity contribution >= 4 is 5.84 Å². The third kappa shape index (κ3) is 1.92. The molecule has 0 atom stereocenters. The summed E-state index contributed by atoms with van der Waals surface area (Å²) < 4.78 is 1.71. The first-order valence-electron chi connectivity index (χ1n) is 4.92. The van der Waals surface area contributed by atoms with Crippen molar-refractivity contribution in [1.29, 1.82) is 5.41 Å². The molecule has 0 aromatic carbocycles. The van der Waals surface area contributed by atoms with E-state index in [2.05, 4.69) is 15.0 Å². The standard InChI is InChI=1S/C9H15N5/c1-13-7-11-9(12-13)4-6-14-5-2-3-8(14)10/h7,10H,2-6H2,1H3. The number of aryl methyl sites for hydroxylation is 1. The molecule has 1 aromatic rings. The van der Waals surface area contributed by atoms with Gasteiger partial charge in [-0.25, -0.2) is 4.98 Å². The summed E-state index contributed by atoms with van der Waals surface area (Å²) in [5, 5.41) is 11.9. The van der Waals surface area contributed by atoms with Crippen LogP contribution in [0.4, 0.5) is 0 Å². The molecule has 2 heterocycles. The molecule has 0 radical (unpaired) electrons. The van der Waals surface area contributed by atoms with Gasteiger partial charge < -0.3 is 4.90 Å². The van der Waals surface area contributed by atoms with Crippen LogP contribution in [-0.4, -0.2) is 38.6 Å². The van der Waals surface area contributed by atoms with Gasteiger partial charge in [0.05, 0.1) is 5.84 Å². The number of nitrogens with zero attached hydrogens (tertiary/aromatic N) is 4. The Kier molecular flexibility index (Phi) is 2.47. The molecule has 0 saturated carbocycles. The highest BCUT2D eigenvalue weighted by Crippen LogP contribution is 2.09. The summed E-state index contributed by atoms with van der Waals surface area (Å²) in [4.78, 5) is 6.26. The highest BCUT2D eigenvalue weighted by Gasteiger charge is 2.16. The lowest BCUT2D eigenvalue weighted by Gasteiger charge is -2.15. The van der Waals surface area contributed by atoms with Crippen LogP contribution in [0.3, 0.4) is 0 Å². The van der Waals surface area contributed by atoms with Crippen LogP contribution in [0.2, 0.25) is 0 Å². The third-order valence-corrected chi connectivity index (χ3v) is 2.48. The van der Waals surface area contributed by atoms with E-state index in [0.717, 1.165) is 44.0 Å². The molecule has 1 aromatic heterocycles. The third-order valence-electron chi connectivity index (χ3n) is 2.48. The molecule has 1 aliphatic heterocycles. The van der Waals surface area contributed by atoms with Crippen LogP contribution in [0.1, 0.15) is 18.7 Å². The summed E-state index contributed by atoms with van der Waals surface area (Å²) in [7, 11) is 1.87. The molecule has 1 fully saturated rings. The van der Waals surface area contributed by atoms with Crippen molar-refractivity contribution in [3.8, 4) is 0 Å². The predicted molar refractivity (Wildman–Crippen MR) is 53.2 cm³/mol. The van der Waals surface area contributed by atoms with Gasteiger partial charge in [-0.15, -0.1) is 0 Å². The molecule has 1 saturated heterocycles. The molecule has 1 N–H and O–H groups in total. The van der Waals surface area contributed by atoms with Crippen molar-refractivity contribution < 1.29 is 0 Å². The van der Waals surface area contributed by atoms with E-state index in [0.29, 0.717) is 0 Å². The number of nitrogens with one attached hydrogen (secondary N) is 1. The van der Waals surface area contributed by atoms with Crippen molar-refractivity contribution in [2.75, 3.05) is 13.1 Å². The second-order valence-electron chi connectivity index (χ2n) is 3.62. The van der Waals surface area contributed by atoms with Gasteiger partial charge in [0.1, 0.15) is 6.33 Å². The molecule has 5 heteroatoms. The van der Waals surface area contributed by atoms with E-state index in [1.165, 1.54) is 0 Å².